The lowest BCUT2D eigenvalue weighted by molar-refractivity contribution is 0.0949. The Balaban J connectivity index is 1.64. The van der Waals surface area contributed by atoms with E-state index < -0.39 is 15.9 Å². The monoisotopic (exact) mass is 471 g/mol. The number of hydrogen-bond acceptors (Lipinski definition) is 4. The zero-order valence-electron chi connectivity index (χ0n) is 17.3. The smallest absolute Gasteiger partial charge is 0.251 e. The minimum atomic E-state index is -3.77. The summed E-state index contributed by atoms with van der Waals surface area (Å²) in [5, 5.41) is 3.17. The summed E-state index contributed by atoms with van der Waals surface area (Å²) < 4.78 is 27.8. The van der Waals surface area contributed by atoms with Crippen molar-refractivity contribution >= 4 is 33.4 Å². The number of primary amides is 1. The molecule has 0 atom stereocenters. The largest absolute Gasteiger partial charge is 0.366 e. The molecule has 0 bridgehead atoms. The Morgan fingerprint density at radius 2 is 1.59 bits per heavy atom. The third-order valence-corrected chi connectivity index (χ3v) is 6.81. The number of benzene rings is 3. The zero-order chi connectivity index (χ0) is 23.3. The van der Waals surface area contributed by atoms with Crippen LogP contribution in [-0.4, -0.2) is 20.2 Å². The molecule has 0 aromatic heterocycles. The third kappa shape index (κ3) is 5.73. The number of sulfonamides is 1. The summed E-state index contributed by atoms with van der Waals surface area (Å²) in [4.78, 5) is 23.8. The Morgan fingerprint density at radius 1 is 0.906 bits per heavy atom. The molecular formula is C23H22ClN3O4S. The van der Waals surface area contributed by atoms with Crippen LogP contribution in [0.15, 0.2) is 71.6 Å². The molecule has 0 spiro atoms. The molecule has 0 fully saturated rings. The molecule has 32 heavy (non-hydrogen) atoms. The molecule has 0 saturated carbocycles. The van der Waals surface area contributed by atoms with Gasteiger partial charge < -0.3 is 11.1 Å². The number of carbonyl (C=O) groups is 2. The fraction of sp³-hybridized carbons (Fsp3) is 0.130. The van der Waals surface area contributed by atoms with Crippen LogP contribution in [0.1, 0.15) is 37.4 Å². The molecule has 0 aliphatic rings. The van der Waals surface area contributed by atoms with E-state index in [1.807, 2.05) is 0 Å². The first kappa shape index (κ1) is 23.5. The standard InChI is InChI=1S/C23H22ClN3O4S/c1-15-20(24)6-3-7-21(15)32(30,31)27-14-17-4-2-5-19(12-17)23(29)26-13-16-8-10-18(11-9-16)22(25)28/h2-12,27H,13-14H2,1H3,(H2,25,28)(H,26,29). The van der Waals surface area contributed by atoms with E-state index in [9.17, 15) is 18.0 Å². The lowest BCUT2D eigenvalue weighted by atomic mass is 10.1. The van der Waals surface area contributed by atoms with Crippen LogP contribution in [0, 0.1) is 6.92 Å². The number of nitrogens with one attached hydrogen (secondary N) is 2. The molecule has 9 heteroatoms. The van der Waals surface area contributed by atoms with Crippen molar-refractivity contribution in [2.75, 3.05) is 0 Å². The van der Waals surface area contributed by atoms with Gasteiger partial charge in [-0.2, -0.15) is 0 Å². The number of nitrogens with two attached hydrogens (primary N) is 1. The first-order valence-electron chi connectivity index (χ1n) is 9.68. The molecule has 3 aromatic rings. The maximum atomic E-state index is 12.6. The van der Waals surface area contributed by atoms with Crippen LogP contribution in [-0.2, 0) is 23.1 Å². The molecular weight excluding hydrogens is 450 g/mol. The van der Waals surface area contributed by atoms with Gasteiger partial charge in [0, 0.05) is 29.2 Å². The second-order valence-corrected chi connectivity index (χ2v) is 9.27. The quantitative estimate of drug-likeness (QED) is 0.467. The van der Waals surface area contributed by atoms with Gasteiger partial charge in [-0.3, -0.25) is 9.59 Å². The first-order chi connectivity index (χ1) is 15.2. The number of amides is 2. The number of halogens is 1. The van der Waals surface area contributed by atoms with Gasteiger partial charge in [0.1, 0.15) is 0 Å². The Kier molecular flexibility index (Phi) is 7.29. The molecule has 2 amide bonds. The van der Waals surface area contributed by atoms with Gasteiger partial charge in [0.25, 0.3) is 5.91 Å². The summed E-state index contributed by atoms with van der Waals surface area (Å²) >= 11 is 6.03. The van der Waals surface area contributed by atoms with Crippen LogP contribution in [0.3, 0.4) is 0 Å². The molecule has 0 heterocycles. The van der Waals surface area contributed by atoms with Crippen molar-refractivity contribution in [2.24, 2.45) is 5.73 Å². The van der Waals surface area contributed by atoms with Gasteiger partial charge in [0.2, 0.25) is 15.9 Å². The van der Waals surface area contributed by atoms with Crippen molar-refractivity contribution < 1.29 is 18.0 Å². The molecule has 4 N–H and O–H groups in total. The Morgan fingerprint density at radius 3 is 2.28 bits per heavy atom. The SMILES string of the molecule is Cc1c(Cl)cccc1S(=O)(=O)NCc1cccc(C(=O)NCc2ccc(C(N)=O)cc2)c1. The highest BCUT2D eigenvalue weighted by atomic mass is 35.5. The van der Waals surface area contributed by atoms with Crippen LogP contribution in [0.4, 0.5) is 0 Å². The van der Waals surface area contributed by atoms with Crippen LogP contribution in [0.25, 0.3) is 0 Å². The van der Waals surface area contributed by atoms with E-state index in [0.717, 1.165) is 5.56 Å². The highest BCUT2D eigenvalue weighted by molar-refractivity contribution is 7.89. The van der Waals surface area contributed by atoms with E-state index >= 15 is 0 Å². The van der Waals surface area contributed by atoms with Crippen molar-refractivity contribution in [3.63, 3.8) is 0 Å². The maximum absolute atomic E-state index is 12.6. The number of rotatable bonds is 8. The van der Waals surface area contributed by atoms with Gasteiger partial charge in [-0.1, -0.05) is 41.9 Å². The Hall–Kier alpha value is -3.20. The van der Waals surface area contributed by atoms with E-state index in [2.05, 4.69) is 10.0 Å². The fourth-order valence-corrected chi connectivity index (χ4v) is 4.54. The van der Waals surface area contributed by atoms with E-state index in [4.69, 9.17) is 17.3 Å². The summed E-state index contributed by atoms with van der Waals surface area (Å²) in [6, 6.07) is 18.0. The van der Waals surface area contributed by atoms with Crippen molar-refractivity contribution in [1.29, 1.82) is 0 Å². The van der Waals surface area contributed by atoms with Gasteiger partial charge in [-0.15, -0.1) is 0 Å². The molecule has 0 radical (unpaired) electrons. The van der Waals surface area contributed by atoms with E-state index in [1.165, 1.54) is 6.07 Å². The topological polar surface area (TPSA) is 118 Å². The lowest BCUT2D eigenvalue weighted by Crippen LogP contribution is -2.25. The number of hydrogen-bond donors (Lipinski definition) is 3. The molecule has 3 rings (SSSR count). The minimum Gasteiger partial charge on any atom is -0.366 e. The molecule has 7 nitrogen and oxygen atoms in total. The summed E-state index contributed by atoms with van der Waals surface area (Å²) in [5.74, 6) is -0.821. The summed E-state index contributed by atoms with van der Waals surface area (Å²) in [6.07, 6.45) is 0. The summed E-state index contributed by atoms with van der Waals surface area (Å²) in [6.45, 7) is 1.93. The van der Waals surface area contributed by atoms with Crippen molar-refractivity contribution in [3.05, 3.63) is 99.6 Å². The van der Waals surface area contributed by atoms with Crippen LogP contribution < -0.4 is 15.8 Å². The van der Waals surface area contributed by atoms with Gasteiger partial charge in [-0.05, 0) is 60.0 Å². The van der Waals surface area contributed by atoms with E-state index in [1.54, 1.807) is 67.6 Å². The van der Waals surface area contributed by atoms with Crippen molar-refractivity contribution in [2.45, 2.75) is 24.9 Å². The van der Waals surface area contributed by atoms with E-state index in [0.29, 0.717) is 27.3 Å². The van der Waals surface area contributed by atoms with Crippen molar-refractivity contribution in [1.82, 2.24) is 10.0 Å². The molecule has 166 valence electrons. The van der Waals surface area contributed by atoms with E-state index in [-0.39, 0.29) is 23.9 Å². The molecule has 0 saturated heterocycles. The van der Waals surface area contributed by atoms with Crippen LogP contribution in [0.2, 0.25) is 5.02 Å². The zero-order valence-corrected chi connectivity index (χ0v) is 18.8. The predicted molar refractivity (Wildman–Crippen MR) is 123 cm³/mol. The minimum absolute atomic E-state index is 0.0178. The first-order valence-corrected chi connectivity index (χ1v) is 11.5. The fourth-order valence-electron chi connectivity index (χ4n) is 3.03. The molecule has 0 aliphatic carbocycles. The Labute approximate surface area is 191 Å². The van der Waals surface area contributed by atoms with Crippen LogP contribution >= 0.6 is 11.6 Å². The van der Waals surface area contributed by atoms with Gasteiger partial charge in [0.05, 0.1) is 4.90 Å². The average Bonchev–Trinajstić information content (AvgIpc) is 2.78. The molecule has 3 aromatic carbocycles. The highest BCUT2D eigenvalue weighted by Crippen LogP contribution is 2.22. The predicted octanol–water partition coefficient (Wildman–Crippen LogP) is 3.16. The number of carbonyl (C=O) groups excluding carboxylic acids is 2. The second-order valence-electron chi connectivity index (χ2n) is 7.13. The van der Waals surface area contributed by atoms with Crippen LogP contribution in [0.5, 0.6) is 0 Å². The lowest BCUT2D eigenvalue weighted by Gasteiger charge is -2.11. The van der Waals surface area contributed by atoms with Crippen molar-refractivity contribution in [3.8, 4) is 0 Å². The average molecular weight is 472 g/mol. The van der Waals surface area contributed by atoms with Gasteiger partial charge in [-0.25, -0.2) is 13.1 Å². The third-order valence-electron chi connectivity index (χ3n) is 4.85. The summed E-state index contributed by atoms with van der Waals surface area (Å²) in [5.41, 5.74) is 7.92. The highest BCUT2D eigenvalue weighted by Gasteiger charge is 2.18. The normalized spacial score (nSPS) is 11.2. The molecule has 0 aliphatic heterocycles. The second kappa shape index (κ2) is 9.95. The summed E-state index contributed by atoms with van der Waals surface area (Å²) in [7, 11) is -3.77. The Bertz CT molecular complexity index is 1260. The van der Waals surface area contributed by atoms with Gasteiger partial charge in [0.15, 0.2) is 0 Å². The van der Waals surface area contributed by atoms with Gasteiger partial charge >= 0.3 is 0 Å². The molecule has 0 unspecified atom stereocenters. The maximum Gasteiger partial charge on any atom is 0.251 e.